The van der Waals surface area contributed by atoms with Gasteiger partial charge < -0.3 is 14.2 Å². The number of esters is 3. The van der Waals surface area contributed by atoms with Gasteiger partial charge in [0.2, 0.25) is 0 Å². The molecule has 0 aliphatic heterocycles. The number of carbonyl (C=O) groups is 3. The summed E-state index contributed by atoms with van der Waals surface area (Å²) >= 11 is 0. The summed E-state index contributed by atoms with van der Waals surface area (Å²) < 4.78 is 17.0. The van der Waals surface area contributed by atoms with Crippen LogP contribution in [0.15, 0.2) is 0 Å². The van der Waals surface area contributed by atoms with Gasteiger partial charge in [0.25, 0.3) is 0 Å². The largest absolute Gasteiger partial charge is 0.462 e. The van der Waals surface area contributed by atoms with Crippen LogP contribution in [0.3, 0.4) is 0 Å². The normalized spacial score (nSPS) is 11.9. The van der Waals surface area contributed by atoms with Gasteiger partial charge in [-0.2, -0.15) is 0 Å². The van der Waals surface area contributed by atoms with Gasteiger partial charge in [-0.15, -0.1) is 0 Å². The van der Waals surface area contributed by atoms with Gasteiger partial charge in [0.05, 0.1) is 0 Å². The first kappa shape index (κ1) is 79.4. The maximum atomic E-state index is 13.0. The standard InChI is InChI=1S/C75H146O6/c1-4-7-10-13-16-19-22-25-28-31-33-34-35-36-37-38-39-40-41-43-44-47-50-53-56-59-62-65-68-74(77)80-71-72(70-79-73(76)67-64-61-58-55-52-49-46-30-27-24-21-18-15-12-9-6-3)81-75(78)69-66-63-60-57-54-51-48-45-42-32-29-26-23-20-17-14-11-8-5-2/h72H,4-71H2,1-3H3. The third-order valence-corrected chi connectivity index (χ3v) is 17.6. The number of ether oxygens (including phenoxy) is 3. The van der Waals surface area contributed by atoms with Gasteiger partial charge in [0.1, 0.15) is 13.2 Å². The molecule has 0 N–H and O–H groups in total. The number of carbonyl (C=O) groups excluding carboxylic acids is 3. The Morgan fingerprint density at radius 1 is 0.198 bits per heavy atom. The quantitative estimate of drug-likeness (QED) is 0.0343. The van der Waals surface area contributed by atoms with Crippen LogP contribution in [-0.2, 0) is 28.6 Å². The van der Waals surface area contributed by atoms with E-state index in [4.69, 9.17) is 14.2 Å². The van der Waals surface area contributed by atoms with Crippen molar-refractivity contribution in [1.82, 2.24) is 0 Å². The van der Waals surface area contributed by atoms with Gasteiger partial charge in [-0.05, 0) is 19.3 Å². The van der Waals surface area contributed by atoms with E-state index in [1.807, 2.05) is 0 Å². The highest BCUT2D eigenvalue weighted by Crippen LogP contribution is 2.20. The lowest BCUT2D eigenvalue weighted by Crippen LogP contribution is -2.30. The number of hydrogen-bond acceptors (Lipinski definition) is 6. The Morgan fingerprint density at radius 2 is 0.333 bits per heavy atom. The van der Waals surface area contributed by atoms with Crippen molar-refractivity contribution in [2.75, 3.05) is 13.2 Å². The molecule has 0 radical (unpaired) electrons. The van der Waals surface area contributed by atoms with Crippen LogP contribution in [0.4, 0.5) is 0 Å². The van der Waals surface area contributed by atoms with Crippen molar-refractivity contribution in [3.8, 4) is 0 Å². The molecule has 482 valence electrons. The van der Waals surface area contributed by atoms with Gasteiger partial charge in [-0.3, -0.25) is 14.4 Å². The Morgan fingerprint density at radius 3 is 0.494 bits per heavy atom. The summed E-state index contributed by atoms with van der Waals surface area (Å²) in [6, 6.07) is 0. The molecule has 0 aromatic rings. The lowest BCUT2D eigenvalue weighted by Gasteiger charge is -2.18. The van der Waals surface area contributed by atoms with Gasteiger partial charge >= 0.3 is 17.9 Å². The van der Waals surface area contributed by atoms with Crippen LogP contribution < -0.4 is 0 Å². The monoisotopic (exact) mass is 1140 g/mol. The second kappa shape index (κ2) is 70.9. The molecule has 0 heterocycles. The molecule has 6 nitrogen and oxygen atoms in total. The summed E-state index contributed by atoms with van der Waals surface area (Å²) in [6.07, 6.45) is 84.3. The molecule has 0 fully saturated rings. The van der Waals surface area contributed by atoms with E-state index in [1.165, 1.54) is 347 Å². The fourth-order valence-corrected chi connectivity index (χ4v) is 12.0. The van der Waals surface area contributed by atoms with E-state index in [0.29, 0.717) is 19.3 Å². The molecular weight excluding hydrogens is 997 g/mol. The Kier molecular flexibility index (Phi) is 69.5. The van der Waals surface area contributed by atoms with Crippen molar-refractivity contribution in [2.24, 2.45) is 0 Å². The smallest absolute Gasteiger partial charge is 0.306 e. The fraction of sp³-hybridized carbons (Fsp3) is 0.960. The van der Waals surface area contributed by atoms with Gasteiger partial charge in [-0.1, -0.05) is 406 Å². The minimum atomic E-state index is -0.764. The second-order valence-electron chi connectivity index (χ2n) is 25.9. The molecule has 0 aliphatic carbocycles. The molecular formula is C75H146O6. The number of rotatable bonds is 71. The summed E-state index contributed by atoms with van der Waals surface area (Å²) in [5, 5.41) is 0. The molecule has 0 saturated carbocycles. The summed E-state index contributed by atoms with van der Waals surface area (Å²) in [6.45, 7) is 6.76. The lowest BCUT2D eigenvalue weighted by molar-refractivity contribution is -0.167. The zero-order chi connectivity index (χ0) is 58.5. The average Bonchev–Trinajstić information content (AvgIpc) is 3.47. The highest BCUT2D eigenvalue weighted by atomic mass is 16.6. The highest BCUT2D eigenvalue weighted by Gasteiger charge is 2.20. The molecule has 0 saturated heterocycles. The molecule has 1 unspecified atom stereocenters. The summed E-state index contributed by atoms with van der Waals surface area (Å²) in [5.41, 5.74) is 0. The Balaban J connectivity index is 4.18. The van der Waals surface area contributed by atoms with Crippen LogP contribution in [0.1, 0.15) is 445 Å². The second-order valence-corrected chi connectivity index (χ2v) is 25.9. The van der Waals surface area contributed by atoms with E-state index in [1.54, 1.807) is 0 Å². The SMILES string of the molecule is CCCCCCCCCCCCCCCCCCCCCCCCCCCCCCC(=O)OCC(COC(=O)CCCCCCCCCCCCCCCCCC)OC(=O)CCCCCCCCCCCCCCCCCCCCC. The maximum Gasteiger partial charge on any atom is 0.306 e. The van der Waals surface area contributed by atoms with Crippen molar-refractivity contribution < 1.29 is 28.6 Å². The first-order chi connectivity index (χ1) is 40.0. The highest BCUT2D eigenvalue weighted by molar-refractivity contribution is 5.71. The zero-order valence-electron chi connectivity index (χ0n) is 55.6. The summed E-state index contributed by atoms with van der Waals surface area (Å²) in [5.74, 6) is -0.816. The van der Waals surface area contributed by atoms with Gasteiger partial charge in [-0.25, -0.2) is 0 Å². The zero-order valence-corrected chi connectivity index (χ0v) is 55.6. The topological polar surface area (TPSA) is 78.9 Å². The van der Waals surface area contributed by atoms with Crippen LogP contribution in [0, 0.1) is 0 Å². The Bertz CT molecular complexity index is 1220. The first-order valence-electron chi connectivity index (χ1n) is 37.5. The molecule has 6 heteroatoms. The first-order valence-corrected chi connectivity index (χ1v) is 37.5. The molecule has 1 atom stereocenters. The van der Waals surface area contributed by atoms with Crippen molar-refractivity contribution in [2.45, 2.75) is 451 Å². The summed E-state index contributed by atoms with van der Waals surface area (Å²) in [7, 11) is 0. The van der Waals surface area contributed by atoms with Crippen LogP contribution >= 0.6 is 0 Å². The average molecular weight is 1140 g/mol. The van der Waals surface area contributed by atoms with Crippen molar-refractivity contribution >= 4 is 17.9 Å². The van der Waals surface area contributed by atoms with E-state index in [2.05, 4.69) is 20.8 Å². The lowest BCUT2D eigenvalue weighted by atomic mass is 10.0. The maximum absolute atomic E-state index is 13.0. The predicted molar refractivity (Wildman–Crippen MR) is 354 cm³/mol. The molecule has 0 aliphatic rings. The third kappa shape index (κ3) is 69.1. The number of unbranched alkanes of at least 4 members (excludes halogenated alkanes) is 60. The van der Waals surface area contributed by atoms with E-state index in [9.17, 15) is 14.4 Å². The van der Waals surface area contributed by atoms with Crippen LogP contribution in [0.5, 0.6) is 0 Å². The van der Waals surface area contributed by atoms with Gasteiger partial charge in [0, 0.05) is 19.3 Å². The van der Waals surface area contributed by atoms with Crippen molar-refractivity contribution in [1.29, 1.82) is 0 Å². The van der Waals surface area contributed by atoms with Gasteiger partial charge in [0.15, 0.2) is 6.10 Å². The van der Waals surface area contributed by atoms with Crippen LogP contribution in [0.2, 0.25) is 0 Å². The van der Waals surface area contributed by atoms with Crippen molar-refractivity contribution in [3.63, 3.8) is 0 Å². The fourth-order valence-electron chi connectivity index (χ4n) is 12.0. The third-order valence-electron chi connectivity index (χ3n) is 17.6. The minimum Gasteiger partial charge on any atom is -0.462 e. The molecule has 0 aromatic carbocycles. The van der Waals surface area contributed by atoms with Crippen LogP contribution in [0.25, 0.3) is 0 Å². The van der Waals surface area contributed by atoms with E-state index >= 15 is 0 Å². The van der Waals surface area contributed by atoms with E-state index in [-0.39, 0.29) is 31.1 Å². The van der Waals surface area contributed by atoms with Crippen LogP contribution in [-0.4, -0.2) is 37.2 Å². The van der Waals surface area contributed by atoms with E-state index in [0.717, 1.165) is 57.8 Å². The Labute approximate surface area is 508 Å². The Hall–Kier alpha value is -1.59. The van der Waals surface area contributed by atoms with E-state index < -0.39 is 6.10 Å². The molecule has 0 spiro atoms. The molecule has 0 bridgehead atoms. The predicted octanol–water partition coefficient (Wildman–Crippen LogP) is 25.8. The molecule has 0 aromatic heterocycles. The molecule has 0 rings (SSSR count). The minimum absolute atomic E-state index is 0.0599. The van der Waals surface area contributed by atoms with Crippen molar-refractivity contribution in [3.05, 3.63) is 0 Å². The number of hydrogen-bond donors (Lipinski definition) is 0. The molecule has 81 heavy (non-hydrogen) atoms. The molecule has 0 amide bonds. The summed E-state index contributed by atoms with van der Waals surface area (Å²) in [4.78, 5) is 38.5.